The summed E-state index contributed by atoms with van der Waals surface area (Å²) in [5.41, 5.74) is 9.84. The summed E-state index contributed by atoms with van der Waals surface area (Å²) in [4.78, 5) is 80.0. The molecule has 5 aromatic heterocycles. The third-order valence-electron chi connectivity index (χ3n) is 21.7. The Balaban J connectivity index is 0.690. The van der Waals surface area contributed by atoms with Gasteiger partial charge in [-0.1, -0.05) is 82.4 Å². The Labute approximate surface area is 558 Å². The summed E-state index contributed by atoms with van der Waals surface area (Å²) < 4.78 is 10.4. The Morgan fingerprint density at radius 3 is 2.31 bits per heavy atom. The van der Waals surface area contributed by atoms with Crippen molar-refractivity contribution < 1.29 is 29.0 Å². The van der Waals surface area contributed by atoms with Crippen LogP contribution in [0.25, 0.3) is 31.8 Å². The first-order chi connectivity index (χ1) is 44.9. The van der Waals surface area contributed by atoms with E-state index in [9.17, 15) is 19.5 Å². The fourth-order valence-electron chi connectivity index (χ4n) is 18.2. The number of fused-ring (bicyclic) bond motifs is 2. The van der Waals surface area contributed by atoms with Crippen molar-refractivity contribution in [2.45, 2.75) is 188 Å². The number of carbonyl (C=O) groups excluding carboxylic acids is 4. The highest BCUT2D eigenvalue weighted by molar-refractivity contribution is 7.22. The second kappa shape index (κ2) is 24.8. The maximum atomic E-state index is 15.2. The predicted octanol–water partition coefficient (Wildman–Crippen LogP) is 11.3. The molecule has 5 saturated carbocycles. The lowest BCUT2D eigenvalue weighted by Gasteiger charge is -2.69. The minimum atomic E-state index is -1.00. The van der Waals surface area contributed by atoms with E-state index in [-0.39, 0.29) is 70.3 Å². The van der Waals surface area contributed by atoms with Crippen LogP contribution in [0.1, 0.15) is 163 Å². The van der Waals surface area contributed by atoms with E-state index in [0.717, 1.165) is 124 Å². The number of thiazole rings is 2. The molecule has 2 saturated heterocycles. The Kier molecular flexibility index (Phi) is 16.9. The van der Waals surface area contributed by atoms with E-state index in [4.69, 9.17) is 30.0 Å². The smallest absolute Gasteiger partial charge is 0.270 e. The summed E-state index contributed by atoms with van der Waals surface area (Å²) in [5, 5.41) is 39.4. The van der Waals surface area contributed by atoms with Gasteiger partial charge < -0.3 is 45.8 Å². The van der Waals surface area contributed by atoms with Gasteiger partial charge in [0, 0.05) is 72.5 Å². The number of ether oxygens (including phenoxy) is 1. The molecular weight excluding hydrogens is 1220 g/mol. The number of carbonyl (C=O) groups is 4. The summed E-state index contributed by atoms with van der Waals surface area (Å²) in [6.07, 6.45) is 12.6. The SMILES string of the molecule is Cc1ncsc1-c1ccc([C@H](C)NC(=O)[C@@H]2C[C@@H](O)CN2C(=O)[C@@H](NC(=O)C2CC(NC(=O)c3nc(N4CCCc5c4nnc(Nc4nc6ccccc6s4)c5C)ccc3-c3cnn(C[C@]45C[C@]6(C)C[C@](C)(C4)C[C@@](OCCN4CCCC4)(C6)C5)c3C)C2)C(C)(C)C)cc1. The first-order valence-corrected chi connectivity index (χ1v) is 35.7. The lowest BCUT2D eigenvalue weighted by Crippen LogP contribution is -2.64. The highest BCUT2D eigenvalue weighted by Crippen LogP contribution is 2.72. The van der Waals surface area contributed by atoms with Crippen LogP contribution in [0.15, 0.2) is 72.4 Å². The highest BCUT2D eigenvalue weighted by Gasteiger charge is 2.66. The van der Waals surface area contributed by atoms with Gasteiger partial charge in [-0.2, -0.15) is 5.10 Å². The average molecular weight is 1310 g/mol. The Hall–Kier alpha value is -7.24. The van der Waals surface area contributed by atoms with Gasteiger partial charge in [0.05, 0.1) is 56.8 Å². The Morgan fingerprint density at radius 2 is 1.59 bits per heavy atom. The van der Waals surface area contributed by atoms with E-state index in [1.165, 1.54) is 37.3 Å². The largest absolute Gasteiger partial charge is 0.391 e. The number of hydrogen-bond acceptors (Lipinski definition) is 17. The third-order valence-corrected chi connectivity index (χ3v) is 23.6. The summed E-state index contributed by atoms with van der Waals surface area (Å²) in [6.45, 7) is 24.1. The standard InChI is InChI=1S/C72H90N14O6S2/c1-42-51-15-14-26-84(62(51)82-81-61(42)80-67-77-54-16-10-11-17-56(54)94-67)57-23-22-52(53-32-74-86(45(53)4)40-71-35-69(8)34-70(9,36-71)38-72(37-69,39-71)92-28-27-83-24-12-13-25-83)58(78-57)65(90)76-49-29-48(30-49)63(88)79-60(68(5,6)7)66(91)85-33-50(87)31-55(85)64(89)75-43(2)46-18-20-47(21-19-46)59-44(3)73-41-93-59/h10-11,16-23,32,41,43,48-50,55,60,87H,12-15,24-31,33-40H2,1-9H3,(H,75,89)(H,76,90)(H,79,88)(H,77,80,81)/t43-,48?,49?,50+,55-,60+,69-,70+,71+,72-/m0/s1. The normalized spacial score (nSPS) is 27.1. The van der Waals surface area contributed by atoms with Gasteiger partial charge in [0.1, 0.15) is 23.6 Å². The molecule has 8 heterocycles. The molecule has 4 amide bonds. The summed E-state index contributed by atoms with van der Waals surface area (Å²) in [7, 11) is 0. The van der Waals surface area contributed by atoms with Crippen LogP contribution in [0.3, 0.4) is 0 Å². The molecule has 0 spiro atoms. The second-order valence-corrected chi connectivity index (χ2v) is 32.5. The number of aryl methyl sites for hydroxylation is 1. The minimum Gasteiger partial charge on any atom is -0.391 e. The zero-order valence-electron chi connectivity index (χ0n) is 55.8. The van der Waals surface area contributed by atoms with Gasteiger partial charge in [-0.05, 0) is 175 Å². The van der Waals surface area contributed by atoms with Crippen molar-refractivity contribution in [3.8, 4) is 21.6 Å². The first-order valence-electron chi connectivity index (χ1n) is 34.0. The molecule has 7 fully saturated rings. The number of nitrogens with one attached hydrogen (secondary N) is 4. The number of nitrogens with zero attached hydrogens (tertiary/aromatic N) is 10. The van der Waals surface area contributed by atoms with Gasteiger partial charge in [0.25, 0.3) is 5.91 Å². The molecule has 2 aromatic carbocycles. The van der Waals surface area contributed by atoms with Crippen LogP contribution in [0.2, 0.25) is 0 Å². The topological polar surface area (TPSA) is 238 Å². The highest BCUT2D eigenvalue weighted by atomic mass is 32.1. The fraction of sp³-hybridized carbons (Fsp3) is 0.556. The number of aliphatic hydroxyl groups excluding tert-OH is 1. The average Bonchev–Trinajstić information content (AvgIpc) is 1.09. The molecule has 94 heavy (non-hydrogen) atoms. The molecule has 20 nitrogen and oxygen atoms in total. The molecule has 15 rings (SSSR count). The number of benzene rings is 2. The number of aromatic nitrogens is 7. The number of likely N-dealkylation sites (tertiary alicyclic amines) is 2. The molecular formula is C72H90N14O6S2. The van der Waals surface area contributed by atoms with Crippen molar-refractivity contribution in [2.75, 3.05) is 49.5 Å². The molecule has 5 aliphatic carbocycles. The van der Waals surface area contributed by atoms with Crippen LogP contribution < -0.4 is 26.2 Å². The zero-order valence-corrected chi connectivity index (χ0v) is 57.4. The van der Waals surface area contributed by atoms with Gasteiger partial charge in [-0.25, -0.2) is 15.0 Å². The molecule has 0 unspecified atom stereocenters. The van der Waals surface area contributed by atoms with Crippen molar-refractivity contribution in [1.29, 1.82) is 0 Å². The quantitative estimate of drug-likeness (QED) is 0.0506. The van der Waals surface area contributed by atoms with Crippen molar-refractivity contribution in [1.82, 2.24) is 60.7 Å². The molecule has 7 aromatic rings. The van der Waals surface area contributed by atoms with Gasteiger partial charge >= 0.3 is 0 Å². The van der Waals surface area contributed by atoms with Gasteiger partial charge in [-0.15, -0.1) is 21.5 Å². The molecule has 8 aliphatic rings. The first kappa shape index (κ1) is 64.1. The van der Waals surface area contributed by atoms with Crippen LogP contribution in [0.5, 0.6) is 0 Å². The summed E-state index contributed by atoms with van der Waals surface area (Å²) >= 11 is 3.15. The molecule has 8 atom stereocenters. The third kappa shape index (κ3) is 12.5. The number of anilines is 4. The van der Waals surface area contributed by atoms with Crippen LogP contribution in [-0.4, -0.2) is 143 Å². The van der Waals surface area contributed by atoms with E-state index in [1.54, 1.807) is 22.7 Å². The van der Waals surface area contributed by atoms with Crippen molar-refractivity contribution in [2.24, 2.45) is 27.6 Å². The number of para-hydroxylation sites is 1. The van der Waals surface area contributed by atoms with Crippen LogP contribution in [0.4, 0.5) is 22.6 Å². The van der Waals surface area contributed by atoms with Gasteiger partial charge in [0.2, 0.25) is 17.7 Å². The maximum absolute atomic E-state index is 15.2. The summed E-state index contributed by atoms with van der Waals surface area (Å²) in [5.74, 6) is -0.0719. The summed E-state index contributed by atoms with van der Waals surface area (Å²) in [6, 6.07) is 17.3. The molecule has 0 radical (unpaired) electrons. The molecule has 3 aliphatic heterocycles. The lowest BCUT2D eigenvalue weighted by molar-refractivity contribution is -0.248. The monoisotopic (exact) mass is 1310 g/mol. The number of amides is 4. The van der Waals surface area contributed by atoms with Crippen molar-refractivity contribution in [3.63, 3.8) is 0 Å². The number of β-amino-alcohol motifs (C(OH)–C–C–N with tert-alkyl or cyclic N) is 1. The number of hydrogen-bond donors (Lipinski definition) is 5. The van der Waals surface area contributed by atoms with Crippen molar-refractivity contribution >= 4 is 79.1 Å². The van der Waals surface area contributed by atoms with E-state index < -0.39 is 35.4 Å². The van der Waals surface area contributed by atoms with Gasteiger partial charge in [-0.3, -0.25) is 23.9 Å². The molecule has 5 N–H and O–H groups in total. The zero-order chi connectivity index (χ0) is 65.6. The van der Waals surface area contributed by atoms with Crippen LogP contribution in [-0.2, 0) is 32.1 Å². The Bertz CT molecular complexity index is 4000. The van der Waals surface area contributed by atoms with Crippen molar-refractivity contribution in [3.05, 3.63) is 106 Å². The van der Waals surface area contributed by atoms with E-state index in [2.05, 4.69) is 74.5 Å². The molecule has 22 heteroatoms. The van der Waals surface area contributed by atoms with E-state index in [1.807, 2.05) is 101 Å². The number of pyridine rings is 1. The van der Waals surface area contributed by atoms with E-state index in [0.29, 0.717) is 42.4 Å². The van der Waals surface area contributed by atoms with Crippen LogP contribution >= 0.6 is 22.7 Å². The maximum Gasteiger partial charge on any atom is 0.270 e. The molecule has 4 bridgehead atoms. The number of aliphatic hydroxyl groups is 1. The van der Waals surface area contributed by atoms with E-state index >= 15 is 4.79 Å². The number of rotatable bonds is 19. The predicted molar refractivity (Wildman–Crippen MR) is 366 cm³/mol. The lowest BCUT2D eigenvalue weighted by atomic mass is 9.39. The fourth-order valence-corrected chi connectivity index (χ4v) is 19.8. The second-order valence-electron chi connectivity index (χ2n) is 30.6. The Morgan fingerprint density at radius 1 is 0.830 bits per heavy atom. The minimum absolute atomic E-state index is 0.00548. The van der Waals surface area contributed by atoms with Gasteiger partial charge in [0.15, 0.2) is 16.8 Å². The van der Waals surface area contributed by atoms with Crippen LogP contribution in [0, 0.1) is 48.3 Å². The molecule has 496 valence electrons.